The lowest BCUT2D eigenvalue weighted by Gasteiger charge is -2.61. The van der Waals surface area contributed by atoms with Crippen molar-refractivity contribution in [1.29, 1.82) is 0 Å². The standard InChI is InChI=1S/C36H52O14/c1-18(37)46-23-10-13-34(5)22(16-23)8-9-24-25(34)11-14-35(6)26(24)12-15-36(35,43)27(41)17-45-33-31(49-21(4)40)29(48-20(3)39)28(47-19(2)38)30(50-33)32(42)44-7/h22-26,28-31,33,43H,8-17H2,1-7H3/t22-,23-,24-,25+,26-,28-,29-,30-,31+,33+,34+,35+,36+/m1/s1. The van der Waals surface area contributed by atoms with E-state index in [1.54, 1.807) is 0 Å². The number of hydrogen-bond donors (Lipinski definition) is 1. The third-order valence-corrected chi connectivity index (χ3v) is 12.8. The summed E-state index contributed by atoms with van der Waals surface area (Å²) >= 11 is 0. The SMILES string of the molecule is COC(=O)[C@@H]1O[C@H](OCC(=O)[C@@]2(O)CC[C@@H]3[C@@H]4CC[C@@H]5C[C@H](OC(C)=O)CC[C@]5(C)[C@H]4CC[C@@]32C)[C@@H](OC(C)=O)[C@H](OC(C)=O)[C@H]1OC(C)=O. The van der Waals surface area contributed by atoms with Crippen molar-refractivity contribution in [2.45, 2.75) is 142 Å². The molecule has 5 rings (SSSR count). The molecule has 4 saturated carbocycles. The maximum Gasteiger partial charge on any atom is 0.339 e. The largest absolute Gasteiger partial charge is 0.467 e. The second-order valence-electron chi connectivity index (χ2n) is 15.4. The summed E-state index contributed by atoms with van der Waals surface area (Å²) in [7, 11) is 1.08. The fourth-order valence-electron chi connectivity index (χ4n) is 10.5. The quantitative estimate of drug-likeness (QED) is 0.272. The van der Waals surface area contributed by atoms with Crippen LogP contribution in [-0.2, 0) is 61.9 Å². The van der Waals surface area contributed by atoms with Crippen LogP contribution in [0.5, 0.6) is 0 Å². The molecule has 0 amide bonds. The summed E-state index contributed by atoms with van der Waals surface area (Å²) in [5.74, 6) is -2.96. The zero-order valence-corrected chi connectivity index (χ0v) is 30.1. The summed E-state index contributed by atoms with van der Waals surface area (Å²) in [5, 5.41) is 12.2. The molecule has 50 heavy (non-hydrogen) atoms. The predicted molar refractivity (Wildman–Crippen MR) is 171 cm³/mol. The van der Waals surface area contributed by atoms with Crippen molar-refractivity contribution in [2.75, 3.05) is 13.7 Å². The Labute approximate surface area is 292 Å². The average Bonchev–Trinajstić information content (AvgIpc) is 3.32. The van der Waals surface area contributed by atoms with E-state index in [-0.39, 0.29) is 29.8 Å². The molecule has 1 aliphatic heterocycles. The van der Waals surface area contributed by atoms with Crippen molar-refractivity contribution in [1.82, 2.24) is 0 Å². The molecule has 5 aliphatic rings. The van der Waals surface area contributed by atoms with Crippen LogP contribution in [0.25, 0.3) is 0 Å². The minimum Gasteiger partial charge on any atom is -0.467 e. The van der Waals surface area contributed by atoms with Crippen LogP contribution in [0.4, 0.5) is 0 Å². The first-order valence-electron chi connectivity index (χ1n) is 17.7. The number of ketones is 1. The van der Waals surface area contributed by atoms with E-state index in [1.807, 2.05) is 6.92 Å². The van der Waals surface area contributed by atoms with Crippen LogP contribution in [-0.4, -0.2) is 96.9 Å². The minimum absolute atomic E-state index is 0.0430. The zero-order valence-electron chi connectivity index (χ0n) is 30.1. The van der Waals surface area contributed by atoms with Gasteiger partial charge < -0.3 is 38.3 Å². The van der Waals surface area contributed by atoms with E-state index < -0.39 is 78.0 Å². The lowest BCUT2D eigenvalue weighted by atomic mass is 9.44. The molecule has 13 atom stereocenters. The van der Waals surface area contributed by atoms with Gasteiger partial charge in [-0.2, -0.15) is 0 Å². The van der Waals surface area contributed by atoms with E-state index in [2.05, 4.69) is 6.92 Å². The van der Waals surface area contributed by atoms with Gasteiger partial charge >= 0.3 is 29.8 Å². The number of Topliss-reactive ketones (excluding diaryl/α,β-unsaturated/α-hetero) is 1. The maximum atomic E-state index is 14.1. The summed E-state index contributed by atoms with van der Waals surface area (Å²) in [6.07, 6.45) is -0.883. The van der Waals surface area contributed by atoms with Gasteiger partial charge in [-0.3, -0.25) is 24.0 Å². The first-order valence-corrected chi connectivity index (χ1v) is 17.7. The van der Waals surface area contributed by atoms with Gasteiger partial charge in [0.25, 0.3) is 0 Å². The van der Waals surface area contributed by atoms with E-state index >= 15 is 0 Å². The van der Waals surface area contributed by atoms with Gasteiger partial charge in [-0.1, -0.05) is 13.8 Å². The topological polar surface area (TPSA) is 187 Å². The monoisotopic (exact) mass is 708 g/mol. The van der Waals surface area contributed by atoms with Gasteiger partial charge in [0.05, 0.1) is 7.11 Å². The fraction of sp³-hybridized carbons (Fsp3) is 0.833. The molecular formula is C36H52O14. The van der Waals surface area contributed by atoms with Gasteiger partial charge in [0.2, 0.25) is 0 Å². The predicted octanol–water partition coefficient (Wildman–Crippen LogP) is 2.97. The molecule has 1 heterocycles. The van der Waals surface area contributed by atoms with Crippen LogP contribution >= 0.6 is 0 Å². The number of carbonyl (C=O) groups excluding carboxylic acids is 6. The Morgan fingerprint density at radius 3 is 1.94 bits per heavy atom. The van der Waals surface area contributed by atoms with Crippen LogP contribution in [0.15, 0.2) is 0 Å². The van der Waals surface area contributed by atoms with Crippen LogP contribution < -0.4 is 0 Å². The van der Waals surface area contributed by atoms with Crippen LogP contribution in [0, 0.1) is 34.5 Å². The average molecular weight is 709 g/mol. The number of carbonyl (C=O) groups is 6. The van der Waals surface area contributed by atoms with Crippen molar-refractivity contribution < 1.29 is 67.0 Å². The van der Waals surface area contributed by atoms with E-state index in [4.69, 9.17) is 33.2 Å². The molecule has 0 spiro atoms. The molecule has 0 aromatic heterocycles. The van der Waals surface area contributed by atoms with Gasteiger partial charge in [0.15, 0.2) is 36.5 Å². The number of aliphatic hydroxyl groups is 1. The van der Waals surface area contributed by atoms with Crippen LogP contribution in [0.2, 0.25) is 0 Å². The third kappa shape index (κ3) is 6.91. The molecule has 14 heteroatoms. The Morgan fingerprint density at radius 2 is 1.32 bits per heavy atom. The molecule has 0 bridgehead atoms. The van der Waals surface area contributed by atoms with Gasteiger partial charge in [0.1, 0.15) is 18.3 Å². The first-order chi connectivity index (χ1) is 23.4. The van der Waals surface area contributed by atoms with Crippen molar-refractivity contribution >= 4 is 35.6 Å². The highest BCUT2D eigenvalue weighted by Gasteiger charge is 2.67. The molecule has 0 aromatic rings. The molecule has 1 N–H and O–H groups in total. The van der Waals surface area contributed by atoms with E-state index in [1.165, 1.54) is 6.92 Å². The van der Waals surface area contributed by atoms with Crippen molar-refractivity contribution in [3.8, 4) is 0 Å². The molecule has 0 radical (unpaired) electrons. The number of ether oxygens (including phenoxy) is 7. The maximum absolute atomic E-state index is 14.1. The number of rotatable bonds is 9. The van der Waals surface area contributed by atoms with Crippen LogP contribution in [0.3, 0.4) is 0 Å². The zero-order chi connectivity index (χ0) is 36.8. The molecule has 1 saturated heterocycles. The highest BCUT2D eigenvalue weighted by Crippen LogP contribution is 2.68. The smallest absolute Gasteiger partial charge is 0.339 e. The van der Waals surface area contributed by atoms with E-state index in [0.29, 0.717) is 30.6 Å². The lowest BCUT2D eigenvalue weighted by Crippen LogP contribution is -2.64. The number of esters is 5. The Kier molecular flexibility index (Phi) is 11.1. The Bertz CT molecular complexity index is 1360. The summed E-state index contributed by atoms with van der Waals surface area (Å²) in [6.45, 7) is 8.43. The van der Waals surface area contributed by atoms with Gasteiger partial charge in [-0.25, -0.2) is 4.79 Å². The van der Waals surface area contributed by atoms with E-state index in [9.17, 15) is 33.9 Å². The minimum atomic E-state index is -1.71. The molecular weight excluding hydrogens is 656 g/mol. The number of fused-ring (bicyclic) bond motifs is 5. The number of methoxy groups -OCH3 is 1. The molecule has 5 fully saturated rings. The molecule has 0 aromatic carbocycles. The van der Waals surface area contributed by atoms with Crippen molar-refractivity contribution in [3.63, 3.8) is 0 Å². The normalized spacial score (nSPS) is 42.1. The Balaban J connectivity index is 1.33. The van der Waals surface area contributed by atoms with Crippen molar-refractivity contribution in [3.05, 3.63) is 0 Å². The summed E-state index contributed by atoms with van der Waals surface area (Å²) in [6, 6.07) is 0. The fourth-order valence-corrected chi connectivity index (χ4v) is 10.5. The van der Waals surface area contributed by atoms with Gasteiger partial charge in [-0.05, 0) is 86.9 Å². The molecule has 0 unspecified atom stereocenters. The molecule has 14 nitrogen and oxygen atoms in total. The highest BCUT2D eigenvalue weighted by atomic mass is 16.7. The Morgan fingerprint density at radius 1 is 0.720 bits per heavy atom. The third-order valence-electron chi connectivity index (χ3n) is 12.8. The second kappa shape index (κ2) is 14.5. The van der Waals surface area contributed by atoms with Gasteiger partial charge in [-0.15, -0.1) is 0 Å². The first kappa shape index (κ1) is 38.1. The second-order valence-corrected chi connectivity index (χ2v) is 15.4. The van der Waals surface area contributed by atoms with E-state index in [0.717, 1.165) is 66.4 Å². The highest BCUT2D eigenvalue weighted by molar-refractivity contribution is 5.89. The Hall–Kier alpha value is -3.10. The molecule has 4 aliphatic carbocycles. The number of hydrogen-bond acceptors (Lipinski definition) is 14. The summed E-state index contributed by atoms with van der Waals surface area (Å²) in [5.41, 5.74) is -2.33. The summed E-state index contributed by atoms with van der Waals surface area (Å²) < 4.78 is 38.2. The summed E-state index contributed by atoms with van der Waals surface area (Å²) in [4.78, 5) is 74.8. The van der Waals surface area contributed by atoms with Crippen molar-refractivity contribution in [2.24, 2.45) is 34.5 Å². The lowest BCUT2D eigenvalue weighted by molar-refractivity contribution is -0.300. The molecule has 280 valence electrons. The van der Waals surface area contributed by atoms with Crippen LogP contribution in [0.1, 0.15) is 99.3 Å². The van der Waals surface area contributed by atoms with Gasteiger partial charge in [0, 0.05) is 33.1 Å².